The van der Waals surface area contributed by atoms with Crippen LogP contribution in [-0.4, -0.2) is 5.11 Å². The smallest absolute Gasteiger partial charge is 0.245 e. The molecular formula is C12H14ClNOS. The number of aromatic nitrogens is 1. The Bertz CT molecular complexity index is 507. The van der Waals surface area contributed by atoms with Crippen LogP contribution in [0.4, 0.5) is 0 Å². The Morgan fingerprint density at radius 3 is 2.75 bits per heavy atom. The molecule has 1 aromatic heterocycles. The number of benzene rings is 1. The van der Waals surface area contributed by atoms with Crippen molar-refractivity contribution in [3.05, 3.63) is 41.6 Å². The molecule has 2 nitrogen and oxygen atoms in total. The van der Waals surface area contributed by atoms with Crippen molar-refractivity contribution in [2.45, 2.75) is 19.9 Å². The van der Waals surface area contributed by atoms with Crippen LogP contribution in [0.25, 0.3) is 10.2 Å². The van der Waals surface area contributed by atoms with E-state index in [4.69, 9.17) is 0 Å². The lowest BCUT2D eigenvalue weighted by molar-refractivity contribution is -0.670. The van der Waals surface area contributed by atoms with E-state index in [1.165, 1.54) is 10.2 Å². The largest absolute Gasteiger partial charge is 1.00 e. The van der Waals surface area contributed by atoms with Crippen molar-refractivity contribution in [3.63, 3.8) is 0 Å². The van der Waals surface area contributed by atoms with Crippen LogP contribution < -0.4 is 17.0 Å². The summed E-state index contributed by atoms with van der Waals surface area (Å²) in [6.07, 6.45) is 0.549. The van der Waals surface area contributed by atoms with Crippen molar-refractivity contribution in [1.82, 2.24) is 0 Å². The van der Waals surface area contributed by atoms with Crippen molar-refractivity contribution in [2.24, 2.45) is 0 Å². The van der Waals surface area contributed by atoms with Gasteiger partial charge < -0.3 is 17.5 Å². The van der Waals surface area contributed by atoms with Crippen LogP contribution >= 0.6 is 11.3 Å². The van der Waals surface area contributed by atoms with Gasteiger partial charge in [0.05, 0.1) is 12.2 Å². The predicted molar refractivity (Wildman–Crippen MR) is 63.2 cm³/mol. The number of rotatable bonds is 3. The molecule has 4 heteroatoms. The van der Waals surface area contributed by atoms with E-state index >= 15 is 0 Å². The number of thiazole rings is 1. The first-order valence-electron chi connectivity index (χ1n) is 4.99. The lowest BCUT2D eigenvalue weighted by Crippen LogP contribution is -3.00. The molecule has 0 amide bonds. The molecule has 0 atom stereocenters. The SMILES string of the molecule is C=C(O)Cc1sc2ccccc2[n+]1CC.[Cl-]. The molecule has 0 bridgehead atoms. The van der Waals surface area contributed by atoms with Crippen LogP contribution in [0.5, 0.6) is 0 Å². The summed E-state index contributed by atoms with van der Waals surface area (Å²) in [6, 6.07) is 8.30. The Morgan fingerprint density at radius 1 is 1.44 bits per heavy atom. The van der Waals surface area contributed by atoms with Gasteiger partial charge in [0.15, 0.2) is 0 Å². The van der Waals surface area contributed by atoms with Gasteiger partial charge in [0.2, 0.25) is 10.5 Å². The fourth-order valence-corrected chi connectivity index (χ4v) is 3.00. The monoisotopic (exact) mass is 255 g/mol. The Balaban J connectivity index is 0.00000128. The van der Waals surface area contributed by atoms with Crippen molar-refractivity contribution in [1.29, 1.82) is 0 Å². The second-order valence-corrected chi connectivity index (χ2v) is 4.57. The van der Waals surface area contributed by atoms with E-state index in [0.29, 0.717) is 6.42 Å². The van der Waals surface area contributed by atoms with Gasteiger partial charge in [-0.05, 0) is 13.0 Å². The molecular weight excluding hydrogens is 242 g/mol. The van der Waals surface area contributed by atoms with E-state index in [1.807, 2.05) is 12.1 Å². The van der Waals surface area contributed by atoms with E-state index in [2.05, 4.69) is 30.2 Å². The van der Waals surface area contributed by atoms with Gasteiger partial charge in [0.1, 0.15) is 11.2 Å². The molecule has 0 unspecified atom stereocenters. The van der Waals surface area contributed by atoms with Crippen LogP contribution in [0.2, 0.25) is 0 Å². The summed E-state index contributed by atoms with van der Waals surface area (Å²) >= 11 is 1.72. The Morgan fingerprint density at radius 2 is 2.12 bits per heavy atom. The van der Waals surface area contributed by atoms with Crippen molar-refractivity contribution < 1.29 is 22.1 Å². The minimum Gasteiger partial charge on any atom is -1.00 e. The maximum atomic E-state index is 9.25. The zero-order valence-electron chi connectivity index (χ0n) is 9.11. The van der Waals surface area contributed by atoms with E-state index in [1.54, 1.807) is 11.3 Å². The molecule has 0 fully saturated rings. The van der Waals surface area contributed by atoms with Crippen LogP contribution in [0, 0.1) is 0 Å². The van der Waals surface area contributed by atoms with Crippen LogP contribution in [0.3, 0.4) is 0 Å². The highest BCUT2D eigenvalue weighted by atomic mass is 35.5. The van der Waals surface area contributed by atoms with Crippen molar-refractivity contribution >= 4 is 21.6 Å². The lowest BCUT2D eigenvalue weighted by atomic mass is 10.3. The molecule has 2 aromatic rings. The first-order valence-corrected chi connectivity index (χ1v) is 5.81. The first kappa shape index (κ1) is 13.0. The molecule has 0 saturated carbocycles. The number of para-hydroxylation sites is 1. The Labute approximate surface area is 105 Å². The van der Waals surface area contributed by atoms with Gasteiger partial charge in [-0.1, -0.05) is 30.0 Å². The van der Waals surface area contributed by atoms with Crippen LogP contribution in [0.1, 0.15) is 11.9 Å². The summed E-state index contributed by atoms with van der Waals surface area (Å²) in [6.45, 7) is 6.58. The highest BCUT2D eigenvalue weighted by Gasteiger charge is 2.18. The number of nitrogens with zero attached hydrogens (tertiary/aromatic N) is 1. The molecule has 86 valence electrons. The normalized spacial score (nSPS) is 10.1. The third kappa shape index (κ3) is 2.36. The number of aliphatic hydroxyl groups is 1. The molecule has 1 N–H and O–H groups in total. The zero-order chi connectivity index (χ0) is 10.8. The number of hydrogen-bond donors (Lipinski definition) is 1. The molecule has 1 aromatic carbocycles. The highest BCUT2D eigenvalue weighted by molar-refractivity contribution is 7.18. The molecule has 2 rings (SSSR count). The molecule has 0 saturated heterocycles. The molecule has 0 spiro atoms. The minimum atomic E-state index is 0. The molecule has 0 aliphatic carbocycles. The number of fused-ring (bicyclic) bond motifs is 1. The number of hydrogen-bond acceptors (Lipinski definition) is 2. The van der Waals surface area contributed by atoms with Gasteiger partial charge in [0.25, 0.3) is 0 Å². The van der Waals surface area contributed by atoms with E-state index in [9.17, 15) is 5.11 Å². The van der Waals surface area contributed by atoms with Gasteiger partial charge in [-0.2, -0.15) is 4.57 Å². The van der Waals surface area contributed by atoms with Gasteiger partial charge in [-0.3, -0.25) is 0 Å². The second kappa shape index (κ2) is 5.32. The van der Waals surface area contributed by atoms with Gasteiger partial charge in [-0.25, -0.2) is 0 Å². The standard InChI is InChI=1S/C12H13NOS.ClH/c1-3-13-10-6-4-5-7-11(10)15-12(13)8-9(2)14;/h4-7H,2-3,8H2,1H3;1H. The predicted octanol–water partition coefficient (Wildman–Crippen LogP) is -0.173. The maximum absolute atomic E-state index is 9.25. The Hall–Kier alpha value is -1.06. The fourth-order valence-electron chi connectivity index (χ4n) is 1.74. The lowest BCUT2D eigenvalue weighted by Gasteiger charge is -1.94. The van der Waals surface area contributed by atoms with E-state index in [0.717, 1.165) is 11.6 Å². The minimum absolute atomic E-state index is 0. The summed E-state index contributed by atoms with van der Waals surface area (Å²) in [7, 11) is 0. The van der Waals surface area contributed by atoms with Crippen molar-refractivity contribution in [2.75, 3.05) is 0 Å². The number of aliphatic hydroxyl groups excluding tert-OH is 1. The summed E-state index contributed by atoms with van der Waals surface area (Å²) in [5.41, 5.74) is 1.24. The highest BCUT2D eigenvalue weighted by Crippen LogP contribution is 2.21. The van der Waals surface area contributed by atoms with Gasteiger partial charge in [-0.15, -0.1) is 0 Å². The Kier molecular flexibility index (Phi) is 4.33. The molecule has 16 heavy (non-hydrogen) atoms. The topological polar surface area (TPSA) is 24.1 Å². The maximum Gasteiger partial charge on any atom is 0.245 e. The van der Waals surface area contributed by atoms with E-state index < -0.39 is 0 Å². The molecule has 1 heterocycles. The molecule has 0 aliphatic rings. The zero-order valence-corrected chi connectivity index (χ0v) is 10.7. The number of aryl methyl sites for hydroxylation is 1. The number of allylic oxidation sites excluding steroid dienone is 1. The molecule has 0 aliphatic heterocycles. The summed E-state index contributed by atoms with van der Waals surface area (Å²) in [5, 5.41) is 10.4. The summed E-state index contributed by atoms with van der Waals surface area (Å²) in [4.78, 5) is 0. The second-order valence-electron chi connectivity index (χ2n) is 3.45. The average Bonchev–Trinajstić information content (AvgIpc) is 2.53. The van der Waals surface area contributed by atoms with E-state index in [-0.39, 0.29) is 18.2 Å². The average molecular weight is 256 g/mol. The van der Waals surface area contributed by atoms with Gasteiger partial charge >= 0.3 is 0 Å². The summed E-state index contributed by atoms with van der Waals surface area (Å²) in [5.74, 6) is 0.226. The first-order chi connectivity index (χ1) is 7.22. The van der Waals surface area contributed by atoms with Crippen molar-refractivity contribution in [3.8, 4) is 0 Å². The van der Waals surface area contributed by atoms with Crippen LogP contribution in [-0.2, 0) is 13.0 Å². The van der Waals surface area contributed by atoms with Crippen LogP contribution in [0.15, 0.2) is 36.6 Å². The number of halogens is 1. The fraction of sp³-hybridized carbons (Fsp3) is 0.250. The molecule has 0 radical (unpaired) electrons. The van der Waals surface area contributed by atoms with Gasteiger partial charge in [0, 0.05) is 6.07 Å². The quantitative estimate of drug-likeness (QED) is 0.598. The summed E-state index contributed by atoms with van der Waals surface area (Å²) < 4.78 is 3.48. The third-order valence-electron chi connectivity index (χ3n) is 2.36. The third-order valence-corrected chi connectivity index (χ3v) is 3.52.